The third kappa shape index (κ3) is 2.94. The molecule has 2 aliphatic carbocycles. The first-order chi connectivity index (χ1) is 11.6. The molecule has 0 aromatic carbocycles. The first kappa shape index (κ1) is 17.3. The Kier molecular flexibility index (Phi) is 4.94. The molecule has 0 spiro atoms. The Labute approximate surface area is 146 Å². The molecule has 2 saturated carbocycles. The van der Waals surface area contributed by atoms with Crippen LogP contribution in [0.2, 0.25) is 0 Å². The minimum absolute atomic E-state index is 0.0701. The third-order valence-electron chi connectivity index (χ3n) is 8.17. The molecule has 2 N–H and O–H groups in total. The molecular weight excluding hydrogens is 302 g/mol. The summed E-state index contributed by atoms with van der Waals surface area (Å²) < 4.78 is 11.5. The number of methoxy groups -OCH3 is 2. The van der Waals surface area contributed by atoms with E-state index in [4.69, 9.17) is 9.47 Å². The zero-order chi connectivity index (χ0) is 16.8. The fourth-order valence-electron chi connectivity index (χ4n) is 6.77. The Morgan fingerprint density at radius 1 is 0.875 bits per heavy atom. The molecular formula is C20H36NO3+. The number of rotatable bonds is 2. The zero-order valence-electron chi connectivity index (χ0n) is 15.6. The van der Waals surface area contributed by atoms with Gasteiger partial charge in [0.05, 0.1) is 37.4 Å². The second kappa shape index (κ2) is 6.86. The number of aliphatic hydroxyl groups is 1. The molecule has 10 unspecified atom stereocenters. The number of nitrogens with one attached hydrogen (secondary N) is 1. The Morgan fingerprint density at radius 3 is 2.29 bits per heavy atom. The van der Waals surface area contributed by atoms with Crippen LogP contribution in [-0.2, 0) is 9.47 Å². The van der Waals surface area contributed by atoms with E-state index in [-0.39, 0.29) is 18.3 Å². The predicted molar refractivity (Wildman–Crippen MR) is 92.9 cm³/mol. The van der Waals surface area contributed by atoms with Crippen molar-refractivity contribution in [2.75, 3.05) is 27.3 Å². The molecule has 2 saturated heterocycles. The van der Waals surface area contributed by atoms with Gasteiger partial charge in [0.15, 0.2) is 0 Å². The molecule has 4 fully saturated rings. The van der Waals surface area contributed by atoms with Gasteiger partial charge in [-0.15, -0.1) is 0 Å². The summed E-state index contributed by atoms with van der Waals surface area (Å²) in [5.41, 5.74) is 0. The van der Waals surface area contributed by atoms with Gasteiger partial charge < -0.3 is 19.5 Å². The summed E-state index contributed by atoms with van der Waals surface area (Å²) >= 11 is 0. The van der Waals surface area contributed by atoms with Gasteiger partial charge in [-0.1, -0.05) is 6.92 Å². The van der Waals surface area contributed by atoms with E-state index in [9.17, 15) is 5.11 Å². The summed E-state index contributed by atoms with van der Waals surface area (Å²) in [6, 6.07) is 0.781. The van der Waals surface area contributed by atoms with Gasteiger partial charge in [0.25, 0.3) is 0 Å². The summed E-state index contributed by atoms with van der Waals surface area (Å²) in [6.45, 7) is 4.91. The number of piperidine rings is 2. The summed E-state index contributed by atoms with van der Waals surface area (Å²) in [4.78, 5) is 1.84. The summed E-state index contributed by atoms with van der Waals surface area (Å²) in [7, 11) is 3.68. The van der Waals surface area contributed by atoms with Gasteiger partial charge in [0.1, 0.15) is 0 Å². The maximum absolute atomic E-state index is 10.4. The highest BCUT2D eigenvalue weighted by molar-refractivity contribution is 4.96. The van der Waals surface area contributed by atoms with E-state index in [1.807, 2.05) is 19.1 Å². The van der Waals surface area contributed by atoms with Crippen LogP contribution in [0.15, 0.2) is 0 Å². The highest BCUT2D eigenvalue weighted by Crippen LogP contribution is 2.44. The number of quaternary nitrogens is 1. The maximum Gasteiger partial charge on any atom is 0.0909 e. The van der Waals surface area contributed by atoms with Crippen molar-refractivity contribution in [1.82, 2.24) is 0 Å². The van der Waals surface area contributed by atoms with E-state index < -0.39 is 0 Å². The van der Waals surface area contributed by atoms with E-state index in [0.717, 1.165) is 36.1 Å². The Bertz CT molecular complexity index is 445. The number of fused-ring (bicyclic) bond motifs is 4. The lowest BCUT2D eigenvalue weighted by Crippen LogP contribution is -3.19. The van der Waals surface area contributed by atoms with Gasteiger partial charge in [0, 0.05) is 32.5 Å². The molecule has 10 atom stereocenters. The number of aliphatic hydroxyl groups excluding tert-OH is 1. The zero-order valence-corrected chi connectivity index (χ0v) is 15.6. The van der Waals surface area contributed by atoms with Crippen molar-refractivity contribution >= 4 is 0 Å². The van der Waals surface area contributed by atoms with Crippen LogP contribution in [0, 0.1) is 29.6 Å². The van der Waals surface area contributed by atoms with Crippen LogP contribution in [0.4, 0.5) is 0 Å². The van der Waals surface area contributed by atoms with E-state index >= 15 is 0 Å². The highest BCUT2D eigenvalue weighted by Gasteiger charge is 2.52. The average molecular weight is 339 g/mol. The van der Waals surface area contributed by atoms with Crippen LogP contribution in [-0.4, -0.2) is 56.8 Å². The predicted octanol–water partition coefficient (Wildman–Crippen LogP) is 1.13. The molecule has 2 aliphatic heterocycles. The fraction of sp³-hybridized carbons (Fsp3) is 1.00. The minimum atomic E-state index is -0.0701. The van der Waals surface area contributed by atoms with Gasteiger partial charge in [-0.25, -0.2) is 0 Å². The Morgan fingerprint density at radius 2 is 1.58 bits per heavy atom. The lowest BCUT2D eigenvalue weighted by atomic mass is 9.61. The van der Waals surface area contributed by atoms with Crippen LogP contribution in [0.1, 0.15) is 45.4 Å². The lowest BCUT2D eigenvalue weighted by molar-refractivity contribution is -0.947. The van der Waals surface area contributed by atoms with Crippen molar-refractivity contribution in [2.45, 2.75) is 69.8 Å². The summed E-state index contributed by atoms with van der Waals surface area (Å²) in [5, 5.41) is 10.4. The number of ether oxygens (including phenoxy) is 2. The van der Waals surface area contributed by atoms with Gasteiger partial charge in [0.2, 0.25) is 0 Å². The van der Waals surface area contributed by atoms with Crippen LogP contribution in [0.5, 0.6) is 0 Å². The van der Waals surface area contributed by atoms with Crippen molar-refractivity contribution in [1.29, 1.82) is 0 Å². The smallest absolute Gasteiger partial charge is 0.0909 e. The minimum Gasteiger partial charge on any atom is -0.393 e. The van der Waals surface area contributed by atoms with E-state index in [1.54, 1.807) is 0 Å². The Hall–Kier alpha value is -0.160. The molecule has 0 bridgehead atoms. The van der Waals surface area contributed by atoms with Gasteiger partial charge in [-0.05, 0) is 49.9 Å². The highest BCUT2D eigenvalue weighted by atomic mass is 16.5. The van der Waals surface area contributed by atoms with Crippen molar-refractivity contribution < 1.29 is 19.5 Å². The van der Waals surface area contributed by atoms with Crippen molar-refractivity contribution in [3.8, 4) is 0 Å². The van der Waals surface area contributed by atoms with Crippen LogP contribution < -0.4 is 4.90 Å². The molecule has 4 heteroatoms. The van der Waals surface area contributed by atoms with Crippen molar-refractivity contribution in [3.63, 3.8) is 0 Å². The fourth-order valence-corrected chi connectivity index (χ4v) is 6.77. The molecule has 4 nitrogen and oxygen atoms in total. The first-order valence-electron chi connectivity index (χ1n) is 10.2. The third-order valence-corrected chi connectivity index (χ3v) is 8.17. The molecule has 2 heterocycles. The largest absolute Gasteiger partial charge is 0.393 e. The van der Waals surface area contributed by atoms with Crippen LogP contribution in [0.25, 0.3) is 0 Å². The molecule has 0 aromatic rings. The Balaban J connectivity index is 1.48. The molecule has 24 heavy (non-hydrogen) atoms. The van der Waals surface area contributed by atoms with Crippen LogP contribution in [0.3, 0.4) is 0 Å². The topological polar surface area (TPSA) is 43.1 Å². The van der Waals surface area contributed by atoms with Crippen LogP contribution >= 0.6 is 0 Å². The first-order valence-corrected chi connectivity index (χ1v) is 10.2. The van der Waals surface area contributed by atoms with Gasteiger partial charge in [-0.3, -0.25) is 0 Å². The lowest BCUT2D eigenvalue weighted by Gasteiger charge is -2.54. The molecule has 138 valence electrons. The quantitative estimate of drug-likeness (QED) is 0.793. The molecule has 4 aliphatic rings. The van der Waals surface area contributed by atoms with Crippen molar-refractivity contribution in [3.05, 3.63) is 0 Å². The second-order valence-corrected chi connectivity index (χ2v) is 9.22. The maximum atomic E-state index is 10.4. The number of hydrogen-bond donors (Lipinski definition) is 2. The second-order valence-electron chi connectivity index (χ2n) is 9.22. The monoisotopic (exact) mass is 338 g/mol. The molecule has 0 amide bonds. The molecule has 0 radical (unpaired) electrons. The SMILES string of the molecule is COC1CC2CC3C4CC(O)C(C)CC4CC[NH+]3CC2CC1OC. The van der Waals surface area contributed by atoms with E-state index in [2.05, 4.69) is 6.92 Å². The van der Waals surface area contributed by atoms with E-state index in [1.165, 1.54) is 45.2 Å². The molecule has 0 aromatic heterocycles. The van der Waals surface area contributed by atoms with Gasteiger partial charge >= 0.3 is 0 Å². The normalized spacial score (nSPS) is 54.5. The van der Waals surface area contributed by atoms with Gasteiger partial charge in [-0.2, -0.15) is 0 Å². The standard InChI is InChI=1S/C20H35NO3/c1-12-6-13-4-5-21-11-15-9-20(24-3)19(23-2)8-14(15)7-17(21)16(13)10-18(12)22/h12-20,22H,4-11H2,1-3H3/p+1. The summed E-state index contributed by atoms with van der Waals surface area (Å²) in [5.74, 6) is 3.71. The summed E-state index contributed by atoms with van der Waals surface area (Å²) in [6.07, 6.45) is 7.83. The average Bonchev–Trinajstić information content (AvgIpc) is 2.60. The molecule has 4 rings (SSSR count). The van der Waals surface area contributed by atoms with Crippen molar-refractivity contribution in [2.24, 2.45) is 29.6 Å². The number of hydrogen-bond acceptors (Lipinski definition) is 3. The van der Waals surface area contributed by atoms with E-state index in [0.29, 0.717) is 5.92 Å².